The molecule has 0 bridgehead atoms. The third-order valence-electron chi connectivity index (χ3n) is 2.50. The van der Waals surface area contributed by atoms with Gasteiger partial charge >= 0.3 is 12.0 Å². The van der Waals surface area contributed by atoms with Crippen molar-refractivity contribution in [2.75, 3.05) is 13.1 Å². The number of carboxylic acids is 1. The molecule has 20 heavy (non-hydrogen) atoms. The number of urea groups is 1. The highest BCUT2D eigenvalue weighted by atomic mass is 16.4. The van der Waals surface area contributed by atoms with Gasteiger partial charge in [-0.2, -0.15) is 0 Å². The standard InChI is InChI=1S/C10H14N4O6/c11-6(15)3-14(4-8(17)18)10(20)12-5-1-2-7(16)13-9(5)19/h5H,1-4H2,(H2,11,15)(H,12,20)(H,17,18)(H,13,16,19). The molecule has 1 fully saturated rings. The number of amides is 5. The number of aliphatic carboxylic acids is 1. The van der Waals surface area contributed by atoms with Gasteiger partial charge in [-0.05, 0) is 6.42 Å². The first-order valence-corrected chi connectivity index (χ1v) is 5.69. The van der Waals surface area contributed by atoms with E-state index in [0.29, 0.717) is 4.90 Å². The summed E-state index contributed by atoms with van der Waals surface area (Å²) in [4.78, 5) is 56.2. The molecule has 10 nitrogen and oxygen atoms in total. The monoisotopic (exact) mass is 286 g/mol. The molecule has 0 saturated carbocycles. The van der Waals surface area contributed by atoms with Crippen LogP contribution in [0.5, 0.6) is 0 Å². The van der Waals surface area contributed by atoms with Crippen molar-refractivity contribution in [2.24, 2.45) is 5.73 Å². The predicted octanol–water partition coefficient (Wildman–Crippen LogP) is -2.63. The van der Waals surface area contributed by atoms with Crippen LogP contribution in [0.25, 0.3) is 0 Å². The minimum absolute atomic E-state index is 0.0609. The lowest BCUT2D eigenvalue weighted by atomic mass is 10.1. The Bertz CT molecular complexity index is 447. The molecule has 0 aromatic carbocycles. The van der Waals surface area contributed by atoms with Gasteiger partial charge < -0.3 is 21.1 Å². The lowest BCUT2D eigenvalue weighted by Gasteiger charge is -2.25. The molecule has 0 radical (unpaired) electrons. The normalized spacial score (nSPS) is 18.1. The number of imide groups is 1. The maximum atomic E-state index is 11.8. The Hall–Kier alpha value is -2.65. The molecule has 5 amide bonds. The van der Waals surface area contributed by atoms with Crippen LogP contribution < -0.4 is 16.4 Å². The summed E-state index contributed by atoms with van der Waals surface area (Å²) < 4.78 is 0. The third-order valence-corrected chi connectivity index (χ3v) is 2.50. The maximum absolute atomic E-state index is 11.8. The van der Waals surface area contributed by atoms with Crippen molar-refractivity contribution >= 4 is 29.7 Å². The Kier molecular flexibility index (Phi) is 5.01. The van der Waals surface area contributed by atoms with E-state index in [1.165, 1.54) is 0 Å². The molecule has 1 atom stereocenters. The molecule has 0 spiro atoms. The second-order valence-corrected chi connectivity index (χ2v) is 4.17. The highest BCUT2D eigenvalue weighted by molar-refractivity contribution is 6.01. The van der Waals surface area contributed by atoms with E-state index < -0.39 is 48.9 Å². The van der Waals surface area contributed by atoms with Crippen molar-refractivity contribution in [2.45, 2.75) is 18.9 Å². The van der Waals surface area contributed by atoms with Gasteiger partial charge in [-0.1, -0.05) is 0 Å². The smallest absolute Gasteiger partial charge is 0.323 e. The molecule has 1 aliphatic rings. The molecule has 1 unspecified atom stereocenters. The Labute approximate surface area is 113 Å². The van der Waals surface area contributed by atoms with Gasteiger partial charge in [0.05, 0.1) is 0 Å². The van der Waals surface area contributed by atoms with Gasteiger partial charge in [-0.15, -0.1) is 0 Å². The second kappa shape index (κ2) is 6.50. The second-order valence-electron chi connectivity index (χ2n) is 4.17. The fourth-order valence-corrected chi connectivity index (χ4v) is 1.62. The van der Waals surface area contributed by atoms with Gasteiger partial charge in [0, 0.05) is 6.42 Å². The summed E-state index contributed by atoms with van der Waals surface area (Å²) in [5.41, 5.74) is 4.91. The molecule has 110 valence electrons. The van der Waals surface area contributed by atoms with E-state index in [4.69, 9.17) is 10.8 Å². The zero-order valence-electron chi connectivity index (χ0n) is 10.4. The third kappa shape index (κ3) is 4.55. The van der Waals surface area contributed by atoms with Crippen molar-refractivity contribution in [1.82, 2.24) is 15.5 Å². The summed E-state index contributed by atoms with van der Waals surface area (Å²) in [6.07, 6.45) is 0.166. The fraction of sp³-hybridized carbons (Fsp3) is 0.500. The quantitative estimate of drug-likeness (QED) is 0.405. The van der Waals surface area contributed by atoms with E-state index in [1.807, 2.05) is 5.32 Å². The van der Waals surface area contributed by atoms with Crippen LogP contribution >= 0.6 is 0 Å². The van der Waals surface area contributed by atoms with Crippen LogP contribution in [-0.4, -0.2) is 58.9 Å². The number of rotatable bonds is 5. The summed E-state index contributed by atoms with van der Waals surface area (Å²) in [7, 11) is 0. The fourth-order valence-electron chi connectivity index (χ4n) is 1.62. The number of nitrogens with two attached hydrogens (primary N) is 1. The number of primary amides is 1. The van der Waals surface area contributed by atoms with E-state index >= 15 is 0 Å². The van der Waals surface area contributed by atoms with Gasteiger partial charge in [-0.3, -0.25) is 24.5 Å². The minimum Gasteiger partial charge on any atom is -0.480 e. The molecule has 10 heteroatoms. The largest absolute Gasteiger partial charge is 0.480 e. The molecule has 0 aromatic heterocycles. The van der Waals surface area contributed by atoms with E-state index in [9.17, 15) is 24.0 Å². The number of nitrogens with one attached hydrogen (secondary N) is 2. The van der Waals surface area contributed by atoms with Crippen LogP contribution in [-0.2, 0) is 19.2 Å². The zero-order valence-corrected chi connectivity index (χ0v) is 10.4. The molecule has 0 aromatic rings. The minimum atomic E-state index is -1.33. The number of piperidine rings is 1. The van der Waals surface area contributed by atoms with Crippen LogP contribution in [0.15, 0.2) is 0 Å². The summed E-state index contributed by atoms with van der Waals surface area (Å²) in [5.74, 6) is -3.33. The van der Waals surface area contributed by atoms with E-state index in [-0.39, 0.29) is 12.8 Å². The van der Waals surface area contributed by atoms with Crippen LogP contribution in [0, 0.1) is 0 Å². The van der Waals surface area contributed by atoms with Crippen molar-refractivity contribution in [3.8, 4) is 0 Å². The van der Waals surface area contributed by atoms with Gasteiger partial charge in [0.25, 0.3) is 0 Å². The molecule has 1 aliphatic heterocycles. The van der Waals surface area contributed by atoms with E-state index in [0.717, 1.165) is 0 Å². The summed E-state index contributed by atoms with van der Waals surface area (Å²) in [6, 6.07) is -1.87. The highest BCUT2D eigenvalue weighted by Crippen LogP contribution is 2.05. The van der Waals surface area contributed by atoms with Crippen molar-refractivity contribution < 1.29 is 29.1 Å². The molecule has 5 N–H and O–H groups in total. The molecule has 1 saturated heterocycles. The lowest BCUT2D eigenvalue weighted by molar-refractivity contribution is -0.138. The summed E-state index contributed by atoms with van der Waals surface area (Å²) in [5, 5.41) is 12.9. The number of carbonyl (C=O) groups excluding carboxylic acids is 4. The number of hydrogen-bond acceptors (Lipinski definition) is 5. The first kappa shape index (κ1) is 15.4. The topological polar surface area (TPSA) is 159 Å². The highest BCUT2D eigenvalue weighted by Gasteiger charge is 2.30. The van der Waals surface area contributed by atoms with Crippen molar-refractivity contribution in [3.63, 3.8) is 0 Å². The van der Waals surface area contributed by atoms with Crippen LogP contribution in [0.3, 0.4) is 0 Å². The van der Waals surface area contributed by atoms with Gasteiger partial charge in [0.2, 0.25) is 17.7 Å². The van der Waals surface area contributed by atoms with E-state index in [1.54, 1.807) is 0 Å². The molecule has 1 heterocycles. The first-order chi connectivity index (χ1) is 9.29. The van der Waals surface area contributed by atoms with Crippen LogP contribution in [0.1, 0.15) is 12.8 Å². The predicted molar refractivity (Wildman–Crippen MR) is 63.1 cm³/mol. The molecule has 0 aliphatic carbocycles. The Morgan fingerprint density at radius 3 is 2.50 bits per heavy atom. The molecular formula is C10H14N4O6. The SMILES string of the molecule is NC(=O)CN(CC(=O)O)C(=O)NC1CCC(=O)NC1=O. The lowest BCUT2D eigenvalue weighted by Crippen LogP contribution is -2.56. The number of hydrogen-bond donors (Lipinski definition) is 4. The Balaban J connectivity index is 2.65. The number of carbonyl (C=O) groups is 5. The Morgan fingerprint density at radius 2 is 2.00 bits per heavy atom. The summed E-state index contributed by atoms with van der Waals surface area (Å²) >= 11 is 0. The van der Waals surface area contributed by atoms with Crippen molar-refractivity contribution in [1.29, 1.82) is 0 Å². The van der Waals surface area contributed by atoms with Gasteiger partial charge in [0.15, 0.2) is 0 Å². The average Bonchev–Trinajstić information content (AvgIpc) is 2.30. The van der Waals surface area contributed by atoms with Gasteiger partial charge in [0.1, 0.15) is 19.1 Å². The summed E-state index contributed by atoms with van der Waals surface area (Å²) in [6.45, 7) is -1.33. The first-order valence-electron chi connectivity index (χ1n) is 5.69. The maximum Gasteiger partial charge on any atom is 0.323 e. The van der Waals surface area contributed by atoms with Crippen LogP contribution in [0.2, 0.25) is 0 Å². The van der Waals surface area contributed by atoms with E-state index in [2.05, 4.69) is 5.32 Å². The molecular weight excluding hydrogens is 272 g/mol. The van der Waals surface area contributed by atoms with Gasteiger partial charge in [-0.25, -0.2) is 4.79 Å². The average molecular weight is 286 g/mol. The zero-order chi connectivity index (χ0) is 15.3. The van der Waals surface area contributed by atoms with Crippen LogP contribution in [0.4, 0.5) is 4.79 Å². The van der Waals surface area contributed by atoms with Crippen molar-refractivity contribution in [3.05, 3.63) is 0 Å². The number of nitrogens with zero attached hydrogens (tertiary/aromatic N) is 1. The number of carboxylic acid groups (broad SMARTS) is 1. The Morgan fingerprint density at radius 1 is 1.35 bits per heavy atom. The molecule has 1 rings (SSSR count).